The fourth-order valence-electron chi connectivity index (χ4n) is 0.0417. The number of hydrogen-bond acceptors (Lipinski definition) is 4. The summed E-state index contributed by atoms with van der Waals surface area (Å²) in [5.74, 6) is -0.566. The van der Waals surface area contributed by atoms with Crippen molar-refractivity contribution in [3.8, 4) is 0 Å². The number of rotatable bonds is 1. The molecule has 3 nitrogen and oxygen atoms in total. The first-order valence-corrected chi connectivity index (χ1v) is 1.78. The summed E-state index contributed by atoms with van der Waals surface area (Å²) in [6, 6.07) is 0. The molecule has 0 saturated heterocycles. The van der Waals surface area contributed by atoms with Gasteiger partial charge in [0.1, 0.15) is 10.8 Å². The number of carboxylic acid groups (broad SMARTS) is 1. The summed E-state index contributed by atoms with van der Waals surface area (Å²) in [5.41, 5.74) is 0. The van der Waals surface area contributed by atoms with E-state index in [4.69, 9.17) is 0 Å². The van der Waals surface area contributed by atoms with Gasteiger partial charge in [-0.3, -0.25) is 0 Å². The number of carbonyl (C=O) groups is 1. The van der Waals surface area contributed by atoms with E-state index in [0.717, 1.165) is 5.94 Å². The van der Waals surface area contributed by atoms with Crippen molar-refractivity contribution in [1.82, 2.24) is 0 Å². The van der Waals surface area contributed by atoms with Crippen molar-refractivity contribution in [2.24, 2.45) is 0 Å². The Morgan fingerprint density at radius 2 is 2.00 bits per heavy atom. The predicted octanol–water partition coefficient (Wildman–Crippen LogP) is -4.61. The van der Waals surface area contributed by atoms with Crippen LogP contribution in [0.25, 0.3) is 0 Å². The minimum absolute atomic E-state index is 0. The van der Waals surface area contributed by atoms with Crippen molar-refractivity contribution in [2.45, 2.75) is 0 Å². The van der Waals surface area contributed by atoms with Crippen LogP contribution >= 0.6 is 12.6 Å². The molecule has 0 heterocycles. The quantitative estimate of drug-likeness (QED) is 0.172. The summed E-state index contributed by atoms with van der Waals surface area (Å²) in [5, 5.41) is 9.44. The van der Waals surface area contributed by atoms with E-state index < -0.39 is 10.9 Å². The summed E-state index contributed by atoms with van der Waals surface area (Å²) in [7, 11) is 0. The number of hydrogen-bond donors (Lipinski definition) is 1. The zero-order chi connectivity index (χ0) is 5.86. The van der Waals surface area contributed by atoms with Gasteiger partial charge in [-0.1, -0.05) is 0 Å². The van der Waals surface area contributed by atoms with Crippen molar-refractivity contribution >= 4 is 24.5 Å². The molecule has 5 heteroatoms. The van der Waals surface area contributed by atoms with Crippen LogP contribution in [-0.4, -0.2) is 11.9 Å². The number of aliphatic carboxylic acids is 1. The molecule has 0 radical (unpaired) electrons. The van der Waals surface area contributed by atoms with Gasteiger partial charge in [-0.2, -0.15) is 0 Å². The molecule has 0 bridgehead atoms. The van der Waals surface area contributed by atoms with E-state index >= 15 is 0 Å². The second kappa shape index (κ2) is 5.41. The van der Waals surface area contributed by atoms with E-state index in [2.05, 4.69) is 12.6 Å². The Hall–Kier alpha value is 0.270. The zero-order valence-electron chi connectivity index (χ0n) is 4.17. The first-order chi connectivity index (χ1) is 3.18. The van der Waals surface area contributed by atoms with Gasteiger partial charge < -0.3 is 9.90 Å². The van der Waals surface area contributed by atoms with Crippen molar-refractivity contribution in [3.63, 3.8) is 0 Å². The van der Waals surface area contributed by atoms with Crippen LogP contribution in [0.1, 0.15) is 0 Å². The monoisotopic (exact) mass is 140 g/mol. The maximum absolute atomic E-state index is 9.44. The largest absolute Gasteiger partial charge is 1.00 e. The van der Waals surface area contributed by atoms with Gasteiger partial charge in [0, 0.05) is 0 Å². The molecular weight excluding hydrogens is 139 g/mol. The summed E-state index contributed by atoms with van der Waals surface area (Å²) in [6.07, 6.45) is 0. The molecule has 0 aliphatic heterocycles. The Morgan fingerprint density at radius 3 is 2.00 bits per heavy atom. The topological polar surface area (TPSA) is 57.2 Å². The van der Waals surface area contributed by atoms with E-state index in [-0.39, 0.29) is 29.6 Å². The number of carbonyl (C=O) groups excluding carboxylic acids is 2. The molecule has 0 unspecified atom stereocenters. The molecule has 0 aliphatic carbocycles. The SMILES string of the molecule is O=C=C(S)C(=O)[O-].[Na+]. The van der Waals surface area contributed by atoms with Crippen LogP contribution in [-0.2, 0) is 9.59 Å². The van der Waals surface area contributed by atoms with E-state index in [1.807, 2.05) is 0 Å². The Kier molecular flexibility index (Phi) is 7.52. The number of carboxylic acids is 1. The Morgan fingerprint density at radius 1 is 1.62 bits per heavy atom. The van der Waals surface area contributed by atoms with Gasteiger partial charge in [0.2, 0.25) is 0 Å². The van der Waals surface area contributed by atoms with Crippen molar-refractivity contribution in [2.75, 3.05) is 0 Å². The predicted molar refractivity (Wildman–Crippen MR) is 23.2 cm³/mol. The third kappa shape index (κ3) is 4.43. The van der Waals surface area contributed by atoms with E-state index in [0.29, 0.717) is 0 Å². The van der Waals surface area contributed by atoms with Gasteiger partial charge in [0.05, 0.1) is 5.97 Å². The smallest absolute Gasteiger partial charge is 0.543 e. The minimum Gasteiger partial charge on any atom is -0.543 e. The molecule has 0 fully saturated rings. The van der Waals surface area contributed by atoms with E-state index in [1.165, 1.54) is 0 Å². The first kappa shape index (κ1) is 11.1. The molecule has 0 aliphatic rings. The molecule has 0 aromatic heterocycles. The molecule has 0 saturated carbocycles. The van der Waals surface area contributed by atoms with Crippen molar-refractivity contribution < 1.29 is 44.3 Å². The van der Waals surface area contributed by atoms with Gasteiger partial charge >= 0.3 is 29.6 Å². The molecular formula is C3HNaO3S. The first-order valence-electron chi connectivity index (χ1n) is 1.34. The van der Waals surface area contributed by atoms with E-state index in [1.54, 1.807) is 0 Å². The fourth-order valence-corrected chi connectivity index (χ4v) is 0.0417. The van der Waals surface area contributed by atoms with Crippen LogP contribution in [0.4, 0.5) is 0 Å². The average Bonchev–Trinajstić information content (AvgIpc) is 1.65. The maximum Gasteiger partial charge on any atom is 1.00 e. The van der Waals surface area contributed by atoms with Crippen molar-refractivity contribution in [1.29, 1.82) is 0 Å². The van der Waals surface area contributed by atoms with Gasteiger partial charge in [0.25, 0.3) is 0 Å². The Labute approximate surface area is 73.5 Å². The second-order valence-electron chi connectivity index (χ2n) is 0.738. The molecule has 0 atom stereocenters. The van der Waals surface area contributed by atoms with Crippen LogP contribution in [0.2, 0.25) is 0 Å². The van der Waals surface area contributed by atoms with Crippen LogP contribution in [0.5, 0.6) is 0 Å². The van der Waals surface area contributed by atoms with Crippen molar-refractivity contribution in [3.05, 3.63) is 4.91 Å². The fraction of sp³-hybridized carbons (Fsp3) is 0. The summed E-state index contributed by atoms with van der Waals surface area (Å²) in [6.45, 7) is 0. The van der Waals surface area contributed by atoms with Crippen LogP contribution in [0.3, 0.4) is 0 Å². The van der Waals surface area contributed by atoms with Gasteiger partial charge in [0.15, 0.2) is 0 Å². The molecule has 38 valence electrons. The van der Waals surface area contributed by atoms with Crippen LogP contribution < -0.4 is 34.7 Å². The molecule has 0 amide bonds. The molecule has 0 spiro atoms. The third-order valence-electron chi connectivity index (χ3n) is 0.290. The minimum atomic E-state index is -1.60. The van der Waals surface area contributed by atoms with Gasteiger partial charge in [-0.25, -0.2) is 4.79 Å². The standard InChI is InChI=1S/C3H2O3S.Na/c4-1-2(7)3(5)6;/h7H,(H,5,6);/q;+1/p-1. The Bertz CT molecular complexity index is 137. The molecule has 0 aromatic rings. The average molecular weight is 140 g/mol. The van der Waals surface area contributed by atoms with Gasteiger partial charge in [-0.05, 0) is 0 Å². The van der Waals surface area contributed by atoms with E-state index in [9.17, 15) is 14.7 Å². The summed E-state index contributed by atoms with van der Waals surface area (Å²) in [4.78, 5) is 18.0. The molecule has 8 heavy (non-hydrogen) atoms. The second-order valence-corrected chi connectivity index (χ2v) is 1.19. The Balaban J connectivity index is 0. The zero-order valence-corrected chi connectivity index (χ0v) is 7.07. The maximum atomic E-state index is 9.44. The normalized spacial score (nSPS) is 6.12. The third-order valence-corrected chi connectivity index (χ3v) is 0.564. The number of thiol groups is 1. The summed E-state index contributed by atoms with van der Waals surface area (Å²) < 4.78 is 0. The van der Waals surface area contributed by atoms with Crippen LogP contribution in [0, 0.1) is 0 Å². The molecule has 0 rings (SSSR count). The van der Waals surface area contributed by atoms with Crippen LogP contribution in [0.15, 0.2) is 4.91 Å². The summed E-state index contributed by atoms with van der Waals surface area (Å²) >= 11 is 3.16. The van der Waals surface area contributed by atoms with Gasteiger partial charge in [-0.15, -0.1) is 12.6 Å². The molecule has 0 N–H and O–H groups in total. The molecule has 0 aromatic carbocycles.